The standard InChI is InChI=1S/C10H17NO2/c1-8-7-11(5-2-6-13-8)10(12)9-3-4-9/h8-9H,2-7H2,1H3. The number of ether oxygens (including phenoxy) is 1. The highest BCUT2D eigenvalue weighted by atomic mass is 16.5. The van der Waals surface area contributed by atoms with Crippen LogP contribution in [0.15, 0.2) is 0 Å². The van der Waals surface area contributed by atoms with E-state index in [4.69, 9.17) is 4.74 Å². The summed E-state index contributed by atoms with van der Waals surface area (Å²) in [5.74, 6) is 0.711. The van der Waals surface area contributed by atoms with Crippen LogP contribution in [0.4, 0.5) is 0 Å². The van der Waals surface area contributed by atoms with Crippen LogP contribution in [0.25, 0.3) is 0 Å². The fourth-order valence-electron chi connectivity index (χ4n) is 1.78. The van der Waals surface area contributed by atoms with E-state index in [0.29, 0.717) is 11.8 Å². The molecule has 3 nitrogen and oxygen atoms in total. The molecule has 74 valence electrons. The molecule has 2 fully saturated rings. The largest absolute Gasteiger partial charge is 0.377 e. The first kappa shape index (κ1) is 9.00. The van der Waals surface area contributed by atoms with E-state index < -0.39 is 0 Å². The highest BCUT2D eigenvalue weighted by Crippen LogP contribution is 2.31. The lowest BCUT2D eigenvalue weighted by Gasteiger charge is -2.21. The Labute approximate surface area is 79.0 Å². The monoisotopic (exact) mass is 183 g/mol. The molecule has 0 aromatic carbocycles. The van der Waals surface area contributed by atoms with E-state index in [9.17, 15) is 4.79 Å². The second-order valence-corrected chi connectivity index (χ2v) is 4.09. The van der Waals surface area contributed by atoms with Gasteiger partial charge in [-0.05, 0) is 26.2 Å². The van der Waals surface area contributed by atoms with Gasteiger partial charge in [-0.3, -0.25) is 4.79 Å². The van der Waals surface area contributed by atoms with Crippen LogP contribution in [0.5, 0.6) is 0 Å². The summed E-state index contributed by atoms with van der Waals surface area (Å²) in [6.45, 7) is 4.52. The smallest absolute Gasteiger partial charge is 0.225 e. The van der Waals surface area contributed by atoms with E-state index in [1.807, 2.05) is 11.8 Å². The number of carbonyl (C=O) groups is 1. The molecule has 1 saturated carbocycles. The maximum Gasteiger partial charge on any atom is 0.225 e. The first-order valence-electron chi connectivity index (χ1n) is 5.18. The minimum absolute atomic E-state index is 0.213. The Bertz CT molecular complexity index is 201. The second kappa shape index (κ2) is 3.66. The Morgan fingerprint density at radius 2 is 2.23 bits per heavy atom. The molecule has 3 heteroatoms. The summed E-state index contributed by atoms with van der Waals surface area (Å²) in [6.07, 6.45) is 3.41. The highest BCUT2D eigenvalue weighted by Gasteiger charge is 2.34. The lowest BCUT2D eigenvalue weighted by atomic mass is 10.3. The summed E-state index contributed by atoms with van der Waals surface area (Å²) in [7, 11) is 0. The lowest BCUT2D eigenvalue weighted by Crippen LogP contribution is -2.36. The van der Waals surface area contributed by atoms with E-state index in [0.717, 1.165) is 39.0 Å². The van der Waals surface area contributed by atoms with Gasteiger partial charge in [0.1, 0.15) is 0 Å². The Kier molecular flexibility index (Phi) is 2.54. The molecule has 0 bridgehead atoms. The zero-order valence-corrected chi connectivity index (χ0v) is 8.16. The van der Waals surface area contributed by atoms with Gasteiger partial charge in [-0.15, -0.1) is 0 Å². The van der Waals surface area contributed by atoms with Gasteiger partial charge in [0.05, 0.1) is 6.10 Å². The fourth-order valence-corrected chi connectivity index (χ4v) is 1.78. The van der Waals surface area contributed by atoms with Gasteiger partial charge in [-0.25, -0.2) is 0 Å². The van der Waals surface area contributed by atoms with Crippen LogP contribution in [0, 0.1) is 5.92 Å². The Balaban J connectivity index is 1.91. The number of amides is 1. The van der Waals surface area contributed by atoms with Crippen molar-refractivity contribution in [1.82, 2.24) is 4.90 Å². The van der Waals surface area contributed by atoms with Gasteiger partial charge in [0.2, 0.25) is 5.91 Å². The minimum atomic E-state index is 0.213. The summed E-state index contributed by atoms with van der Waals surface area (Å²) in [5.41, 5.74) is 0. The van der Waals surface area contributed by atoms with Gasteiger partial charge in [-0.1, -0.05) is 0 Å². The maximum atomic E-state index is 11.7. The zero-order valence-electron chi connectivity index (χ0n) is 8.16. The zero-order chi connectivity index (χ0) is 9.26. The van der Waals surface area contributed by atoms with E-state index >= 15 is 0 Å². The molecular formula is C10H17NO2. The van der Waals surface area contributed by atoms with Gasteiger partial charge in [-0.2, -0.15) is 0 Å². The van der Waals surface area contributed by atoms with Crippen molar-refractivity contribution in [1.29, 1.82) is 0 Å². The molecule has 13 heavy (non-hydrogen) atoms. The summed E-state index contributed by atoms with van der Waals surface area (Å²) < 4.78 is 5.49. The molecule has 1 saturated heterocycles. The SMILES string of the molecule is CC1CN(C(=O)C2CC2)CCCO1. The molecule has 1 aliphatic heterocycles. The average molecular weight is 183 g/mol. The first-order valence-corrected chi connectivity index (χ1v) is 5.18. The third-order valence-corrected chi connectivity index (χ3v) is 2.69. The third kappa shape index (κ3) is 2.21. The summed E-state index contributed by atoms with van der Waals surface area (Å²) in [4.78, 5) is 13.7. The predicted octanol–water partition coefficient (Wildman–Crippen LogP) is 1.03. The third-order valence-electron chi connectivity index (χ3n) is 2.69. The molecule has 1 atom stereocenters. The Morgan fingerprint density at radius 1 is 1.46 bits per heavy atom. The summed E-state index contributed by atoms with van der Waals surface area (Å²) in [6, 6.07) is 0. The molecule has 2 aliphatic rings. The topological polar surface area (TPSA) is 29.5 Å². The highest BCUT2D eigenvalue weighted by molar-refractivity contribution is 5.81. The Morgan fingerprint density at radius 3 is 2.92 bits per heavy atom. The van der Waals surface area contributed by atoms with Crippen LogP contribution in [-0.4, -0.2) is 36.6 Å². The molecule has 0 aromatic heterocycles. The second-order valence-electron chi connectivity index (χ2n) is 4.09. The van der Waals surface area contributed by atoms with Crippen LogP contribution >= 0.6 is 0 Å². The van der Waals surface area contributed by atoms with Gasteiger partial charge < -0.3 is 9.64 Å². The maximum absolute atomic E-state index is 11.7. The lowest BCUT2D eigenvalue weighted by molar-refractivity contribution is -0.133. The molecule has 0 radical (unpaired) electrons. The van der Waals surface area contributed by atoms with E-state index in [-0.39, 0.29) is 6.10 Å². The van der Waals surface area contributed by atoms with E-state index in [1.54, 1.807) is 0 Å². The Hall–Kier alpha value is -0.570. The van der Waals surface area contributed by atoms with Gasteiger partial charge >= 0.3 is 0 Å². The average Bonchev–Trinajstić information content (AvgIpc) is 2.88. The molecule has 0 N–H and O–H groups in total. The molecule has 1 amide bonds. The number of hydrogen-bond acceptors (Lipinski definition) is 2. The van der Waals surface area contributed by atoms with Crippen LogP contribution in [0.2, 0.25) is 0 Å². The quantitative estimate of drug-likeness (QED) is 0.607. The minimum Gasteiger partial charge on any atom is -0.377 e. The molecule has 1 unspecified atom stereocenters. The van der Waals surface area contributed by atoms with Crippen molar-refractivity contribution in [3.63, 3.8) is 0 Å². The molecule has 2 rings (SSSR count). The van der Waals surface area contributed by atoms with Crippen molar-refractivity contribution in [2.45, 2.75) is 32.3 Å². The van der Waals surface area contributed by atoms with Crippen molar-refractivity contribution < 1.29 is 9.53 Å². The molecule has 1 aliphatic carbocycles. The van der Waals surface area contributed by atoms with Crippen molar-refractivity contribution in [2.75, 3.05) is 19.7 Å². The van der Waals surface area contributed by atoms with Gasteiger partial charge in [0.25, 0.3) is 0 Å². The van der Waals surface area contributed by atoms with Crippen molar-refractivity contribution >= 4 is 5.91 Å². The molecular weight excluding hydrogens is 166 g/mol. The number of nitrogens with zero attached hydrogens (tertiary/aromatic N) is 1. The van der Waals surface area contributed by atoms with Crippen molar-refractivity contribution in [3.05, 3.63) is 0 Å². The molecule has 1 heterocycles. The molecule has 0 aromatic rings. The number of rotatable bonds is 1. The van der Waals surface area contributed by atoms with Crippen LogP contribution < -0.4 is 0 Å². The van der Waals surface area contributed by atoms with E-state index in [1.165, 1.54) is 0 Å². The van der Waals surface area contributed by atoms with Crippen molar-refractivity contribution in [3.8, 4) is 0 Å². The predicted molar refractivity (Wildman–Crippen MR) is 49.3 cm³/mol. The number of carbonyl (C=O) groups excluding carboxylic acids is 1. The number of hydrogen-bond donors (Lipinski definition) is 0. The summed E-state index contributed by atoms with van der Waals surface area (Å²) in [5, 5.41) is 0. The fraction of sp³-hybridized carbons (Fsp3) is 0.900. The van der Waals surface area contributed by atoms with E-state index in [2.05, 4.69) is 0 Å². The van der Waals surface area contributed by atoms with Crippen LogP contribution in [-0.2, 0) is 9.53 Å². The normalized spacial score (nSPS) is 29.9. The van der Waals surface area contributed by atoms with Gasteiger partial charge in [0.15, 0.2) is 0 Å². The first-order chi connectivity index (χ1) is 6.27. The van der Waals surface area contributed by atoms with Crippen molar-refractivity contribution in [2.24, 2.45) is 5.92 Å². The van der Waals surface area contributed by atoms with Gasteiger partial charge in [0, 0.05) is 25.6 Å². The molecule has 0 spiro atoms. The van der Waals surface area contributed by atoms with Crippen LogP contribution in [0.1, 0.15) is 26.2 Å². The van der Waals surface area contributed by atoms with Crippen LogP contribution in [0.3, 0.4) is 0 Å². The summed E-state index contributed by atoms with van der Waals surface area (Å²) >= 11 is 0.